The molecule has 2 nitrogen and oxygen atoms in total. The van der Waals surface area contributed by atoms with Crippen molar-refractivity contribution in [2.24, 2.45) is 0 Å². The molecule has 1 heterocycles. The summed E-state index contributed by atoms with van der Waals surface area (Å²) in [6.45, 7) is 2.04. The Balaban J connectivity index is 1.89. The molecule has 2 aromatic rings. The van der Waals surface area contributed by atoms with E-state index < -0.39 is 0 Å². The third kappa shape index (κ3) is 4.80. The van der Waals surface area contributed by atoms with Crippen molar-refractivity contribution in [1.29, 1.82) is 0 Å². The first-order chi connectivity index (χ1) is 9.17. The van der Waals surface area contributed by atoms with E-state index in [9.17, 15) is 0 Å². The lowest BCUT2D eigenvalue weighted by Crippen LogP contribution is -2.30. The number of likely N-dealkylation sites (N-methyl/N-ethyl adjacent to an activating group) is 1. The van der Waals surface area contributed by atoms with E-state index in [1.807, 2.05) is 43.9 Å². The van der Waals surface area contributed by atoms with Crippen molar-refractivity contribution in [1.82, 2.24) is 10.3 Å². The molecule has 102 valence electrons. The summed E-state index contributed by atoms with van der Waals surface area (Å²) in [6, 6.07) is 8.41. The Kier molecular flexibility index (Phi) is 5.70. The van der Waals surface area contributed by atoms with Crippen LogP contribution in [0.2, 0.25) is 5.02 Å². The Morgan fingerprint density at radius 3 is 2.95 bits per heavy atom. The zero-order chi connectivity index (χ0) is 13.7. The minimum absolute atomic E-state index is 0.422. The number of thioether (sulfide) groups is 1. The average molecular weight is 313 g/mol. The quantitative estimate of drug-likeness (QED) is 0.815. The van der Waals surface area contributed by atoms with E-state index in [0.29, 0.717) is 6.04 Å². The van der Waals surface area contributed by atoms with Crippen molar-refractivity contribution in [3.63, 3.8) is 0 Å². The van der Waals surface area contributed by atoms with Gasteiger partial charge in [-0.1, -0.05) is 17.7 Å². The molecule has 0 bridgehead atoms. The van der Waals surface area contributed by atoms with Gasteiger partial charge >= 0.3 is 0 Å². The van der Waals surface area contributed by atoms with E-state index in [0.717, 1.165) is 22.2 Å². The molecule has 1 N–H and O–H groups in total. The molecule has 0 saturated carbocycles. The number of benzene rings is 1. The first-order valence-corrected chi connectivity index (χ1v) is 8.38. The summed E-state index contributed by atoms with van der Waals surface area (Å²) in [6.07, 6.45) is 0.967. The van der Waals surface area contributed by atoms with Gasteiger partial charge in [0.15, 0.2) is 0 Å². The van der Waals surface area contributed by atoms with Crippen LogP contribution in [-0.2, 0) is 6.42 Å². The van der Waals surface area contributed by atoms with Crippen LogP contribution in [0.25, 0.3) is 0 Å². The fraction of sp³-hybridized carbons (Fsp3) is 0.357. The van der Waals surface area contributed by atoms with E-state index in [1.165, 1.54) is 10.6 Å². The largest absolute Gasteiger partial charge is 0.316 e. The molecule has 19 heavy (non-hydrogen) atoms. The molecule has 0 aliphatic carbocycles. The average Bonchev–Trinajstić information content (AvgIpc) is 2.80. The van der Waals surface area contributed by atoms with E-state index in [1.54, 1.807) is 11.3 Å². The predicted octanol–water partition coefficient (Wildman–Crippen LogP) is 4.03. The monoisotopic (exact) mass is 312 g/mol. The van der Waals surface area contributed by atoms with Crippen LogP contribution in [-0.4, -0.2) is 23.8 Å². The van der Waals surface area contributed by atoms with Gasteiger partial charge in [0.1, 0.15) is 0 Å². The number of halogens is 1. The lowest BCUT2D eigenvalue weighted by molar-refractivity contribution is 0.610. The van der Waals surface area contributed by atoms with E-state index >= 15 is 0 Å². The van der Waals surface area contributed by atoms with Crippen molar-refractivity contribution in [3.8, 4) is 0 Å². The van der Waals surface area contributed by atoms with Gasteiger partial charge in [-0.2, -0.15) is 0 Å². The van der Waals surface area contributed by atoms with Gasteiger partial charge in [0.25, 0.3) is 0 Å². The molecule has 1 aromatic carbocycles. The molecule has 0 spiro atoms. The minimum atomic E-state index is 0.422. The van der Waals surface area contributed by atoms with Crippen molar-refractivity contribution < 1.29 is 0 Å². The summed E-state index contributed by atoms with van der Waals surface area (Å²) in [5.41, 5.74) is 1.17. The van der Waals surface area contributed by atoms with E-state index in [-0.39, 0.29) is 0 Å². The Labute approximate surface area is 127 Å². The third-order valence-electron chi connectivity index (χ3n) is 2.78. The molecule has 2 rings (SSSR count). The SMILES string of the molecule is CNC(CSc1cccc(Cl)c1)Cc1csc(C)n1. The lowest BCUT2D eigenvalue weighted by Gasteiger charge is -2.14. The first-order valence-electron chi connectivity index (χ1n) is 6.14. The normalized spacial score (nSPS) is 12.6. The van der Waals surface area contributed by atoms with E-state index in [2.05, 4.69) is 21.7 Å². The Morgan fingerprint density at radius 1 is 1.47 bits per heavy atom. The molecule has 0 amide bonds. The van der Waals surface area contributed by atoms with Gasteiger partial charge in [0.2, 0.25) is 0 Å². The summed E-state index contributed by atoms with van der Waals surface area (Å²) in [5.74, 6) is 1.01. The van der Waals surface area contributed by atoms with E-state index in [4.69, 9.17) is 11.6 Å². The van der Waals surface area contributed by atoms with Gasteiger partial charge in [0.05, 0.1) is 10.7 Å². The standard InChI is InChI=1S/C14H17ClN2S2/c1-10-17-13(9-18-10)7-12(16-2)8-19-14-5-3-4-11(15)6-14/h3-6,9,12,16H,7-8H2,1-2H3. The highest BCUT2D eigenvalue weighted by atomic mass is 35.5. The minimum Gasteiger partial charge on any atom is -0.316 e. The maximum atomic E-state index is 5.99. The fourth-order valence-electron chi connectivity index (χ4n) is 1.75. The molecule has 0 aliphatic heterocycles. The molecule has 0 aliphatic rings. The number of hydrogen-bond donors (Lipinski definition) is 1. The van der Waals surface area contributed by atoms with Crippen LogP contribution in [0.4, 0.5) is 0 Å². The lowest BCUT2D eigenvalue weighted by atomic mass is 10.2. The number of rotatable bonds is 6. The molecule has 5 heteroatoms. The zero-order valence-electron chi connectivity index (χ0n) is 11.0. The van der Waals surface area contributed by atoms with Gasteiger partial charge in [-0.25, -0.2) is 4.98 Å². The van der Waals surface area contributed by atoms with Crippen LogP contribution >= 0.6 is 34.7 Å². The molecule has 0 saturated heterocycles. The van der Waals surface area contributed by atoms with Crippen molar-refractivity contribution >= 4 is 34.7 Å². The summed E-state index contributed by atoms with van der Waals surface area (Å²) >= 11 is 9.52. The van der Waals surface area contributed by atoms with Crippen molar-refractivity contribution in [3.05, 3.63) is 45.4 Å². The molecular formula is C14H17ClN2S2. The molecular weight excluding hydrogens is 296 g/mol. The van der Waals surface area contributed by atoms with Crippen LogP contribution in [0.5, 0.6) is 0 Å². The second-order valence-electron chi connectivity index (χ2n) is 4.32. The maximum Gasteiger partial charge on any atom is 0.0897 e. The number of nitrogens with zero attached hydrogens (tertiary/aromatic N) is 1. The molecule has 1 aromatic heterocycles. The third-order valence-corrected chi connectivity index (χ3v) is 4.99. The molecule has 0 fully saturated rings. The van der Waals surface area contributed by atoms with Crippen LogP contribution < -0.4 is 5.32 Å². The fourth-order valence-corrected chi connectivity index (χ4v) is 3.70. The predicted molar refractivity (Wildman–Crippen MR) is 85.6 cm³/mol. The number of aryl methyl sites for hydroxylation is 1. The molecule has 1 atom stereocenters. The van der Waals surface area contributed by atoms with Gasteiger partial charge in [-0.3, -0.25) is 0 Å². The Hall–Kier alpha value is -0.550. The number of hydrogen-bond acceptors (Lipinski definition) is 4. The second kappa shape index (κ2) is 7.29. The molecule has 0 radical (unpaired) electrons. The van der Waals surface area contributed by atoms with Gasteiger partial charge in [-0.05, 0) is 32.2 Å². The zero-order valence-corrected chi connectivity index (χ0v) is 13.4. The highest BCUT2D eigenvalue weighted by molar-refractivity contribution is 7.99. The summed E-state index contributed by atoms with van der Waals surface area (Å²) in [4.78, 5) is 5.73. The number of nitrogens with one attached hydrogen (secondary N) is 1. The Morgan fingerprint density at radius 2 is 2.32 bits per heavy atom. The van der Waals surface area contributed by atoms with Gasteiger partial charge in [-0.15, -0.1) is 23.1 Å². The number of thiazole rings is 1. The molecule has 1 unspecified atom stereocenters. The summed E-state index contributed by atoms with van der Waals surface area (Å²) in [7, 11) is 2.00. The summed E-state index contributed by atoms with van der Waals surface area (Å²) < 4.78 is 0. The van der Waals surface area contributed by atoms with Crippen molar-refractivity contribution in [2.45, 2.75) is 24.3 Å². The maximum absolute atomic E-state index is 5.99. The van der Waals surface area contributed by atoms with Crippen LogP contribution in [0.15, 0.2) is 34.5 Å². The van der Waals surface area contributed by atoms with Gasteiger partial charge in [0, 0.05) is 33.5 Å². The topological polar surface area (TPSA) is 24.9 Å². The Bertz CT molecular complexity index is 528. The van der Waals surface area contributed by atoms with Crippen molar-refractivity contribution in [2.75, 3.05) is 12.8 Å². The first kappa shape index (κ1) is 14.9. The second-order valence-corrected chi connectivity index (χ2v) is 6.91. The summed E-state index contributed by atoms with van der Waals surface area (Å²) in [5, 5.41) is 7.42. The van der Waals surface area contributed by atoms with Crippen LogP contribution in [0, 0.1) is 6.92 Å². The number of aromatic nitrogens is 1. The highest BCUT2D eigenvalue weighted by Crippen LogP contribution is 2.23. The van der Waals surface area contributed by atoms with Gasteiger partial charge < -0.3 is 5.32 Å². The van der Waals surface area contributed by atoms with Crippen LogP contribution in [0.1, 0.15) is 10.7 Å². The smallest absolute Gasteiger partial charge is 0.0897 e. The highest BCUT2D eigenvalue weighted by Gasteiger charge is 2.10. The van der Waals surface area contributed by atoms with Crippen LogP contribution in [0.3, 0.4) is 0 Å².